The summed E-state index contributed by atoms with van der Waals surface area (Å²) in [7, 11) is 0. The van der Waals surface area contributed by atoms with E-state index in [-0.39, 0.29) is 11.9 Å². The van der Waals surface area contributed by atoms with Crippen LogP contribution in [-0.4, -0.2) is 50.8 Å². The van der Waals surface area contributed by atoms with Crippen LogP contribution in [0.1, 0.15) is 27.2 Å². The first-order chi connectivity index (χ1) is 11.5. The van der Waals surface area contributed by atoms with E-state index in [1.807, 2.05) is 30.3 Å². The lowest BCUT2D eigenvalue weighted by atomic mass is 10.1. The summed E-state index contributed by atoms with van der Waals surface area (Å²) in [6.07, 6.45) is 0.816. The summed E-state index contributed by atoms with van der Waals surface area (Å²) < 4.78 is 5.89. The number of para-hydroxylation sites is 1. The van der Waals surface area contributed by atoms with E-state index >= 15 is 0 Å². The smallest absolute Gasteiger partial charge is 0.230 e. The summed E-state index contributed by atoms with van der Waals surface area (Å²) in [6.45, 7) is 11.8. The fourth-order valence-corrected chi connectivity index (χ4v) is 3.26. The standard InChI is InChI=1S/C19H31N3O2/c1-15(2)13-22-9-10-24-18(14-22)12-20-16(3)11-19(23)21-17-7-5-4-6-8-17/h4-8,15-16,18,20H,9-14H2,1-3H3,(H,21,23)/p+2/t16-,18-/m0/s1. The molecule has 0 saturated carbocycles. The largest absolute Gasteiger partial charge is 0.361 e. The molecule has 1 aliphatic rings. The topological polar surface area (TPSA) is 59.4 Å². The second-order valence-corrected chi connectivity index (χ2v) is 7.36. The SMILES string of the molecule is CC(C)C[NH+]1CCO[C@@H](C[NH2+][C@@H](C)CC(=O)Nc2ccccc2)C1. The summed E-state index contributed by atoms with van der Waals surface area (Å²) in [5.74, 6) is 0.796. The maximum absolute atomic E-state index is 12.1. The molecule has 5 nitrogen and oxygen atoms in total. The number of hydrogen-bond donors (Lipinski definition) is 3. The van der Waals surface area contributed by atoms with Crippen LogP contribution in [0.25, 0.3) is 0 Å². The van der Waals surface area contributed by atoms with Gasteiger partial charge in [0.25, 0.3) is 0 Å². The lowest BCUT2D eigenvalue weighted by molar-refractivity contribution is -0.917. The summed E-state index contributed by atoms with van der Waals surface area (Å²) in [4.78, 5) is 13.7. The van der Waals surface area contributed by atoms with Crippen molar-refractivity contribution in [3.05, 3.63) is 30.3 Å². The normalized spacial score (nSPS) is 22.3. The summed E-state index contributed by atoms with van der Waals surface area (Å²) in [5, 5.41) is 5.19. The molecule has 5 heteroatoms. The highest BCUT2D eigenvalue weighted by Crippen LogP contribution is 2.05. The van der Waals surface area contributed by atoms with Gasteiger partial charge in [-0.05, 0) is 19.1 Å². The first kappa shape index (κ1) is 18.9. The van der Waals surface area contributed by atoms with Gasteiger partial charge in [0, 0.05) is 11.6 Å². The molecule has 0 bridgehead atoms. The molecule has 1 amide bonds. The van der Waals surface area contributed by atoms with E-state index in [0.29, 0.717) is 12.5 Å². The van der Waals surface area contributed by atoms with Gasteiger partial charge in [0.2, 0.25) is 5.91 Å². The van der Waals surface area contributed by atoms with Crippen LogP contribution in [0.2, 0.25) is 0 Å². The minimum atomic E-state index is 0.0709. The Balaban J connectivity index is 1.67. The number of carbonyl (C=O) groups is 1. The van der Waals surface area contributed by atoms with E-state index < -0.39 is 0 Å². The molecular weight excluding hydrogens is 302 g/mol. The Bertz CT molecular complexity index is 493. The van der Waals surface area contributed by atoms with Gasteiger partial charge in [-0.1, -0.05) is 32.0 Å². The first-order valence-corrected chi connectivity index (χ1v) is 9.16. The monoisotopic (exact) mass is 335 g/mol. The number of nitrogens with one attached hydrogen (secondary N) is 2. The Morgan fingerprint density at radius 2 is 2.08 bits per heavy atom. The van der Waals surface area contributed by atoms with Crippen LogP contribution in [-0.2, 0) is 9.53 Å². The van der Waals surface area contributed by atoms with Gasteiger partial charge in [0.05, 0.1) is 25.6 Å². The average molecular weight is 335 g/mol. The molecule has 0 spiro atoms. The van der Waals surface area contributed by atoms with Crippen LogP contribution in [0.5, 0.6) is 0 Å². The number of rotatable bonds is 8. The summed E-state index contributed by atoms with van der Waals surface area (Å²) >= 11 is 0. The maximum atomic E-state index is 12.1. The second kappa shape index (κ2) is 9.77. The Hall–Kier alpha value is -1.43. The lowest BCUT2D eigenvalue weighted by Crippen LogP contribution is -3.16. The molecule has 0 aliphatic carbocycles. The number of hydrogen-bond acceptors (Lipinski definition) is 2. The zero-order valence-electron chi connectivity index (χ0n) is 15.3. The number of benzene rings is 1. The number of carbonyl (C=O) groups excluding carboxylic acids is 1. The van der Waals surface area contributed by atoms with Gasteiger partial charge >= 0.3 is 0 Å². The number of nitrogens with two attached hydrogens (primary N) is 1. The molecule has 24 heavy (non-hydrogen) atoms. The number of anilines is 1. The van der Waals surface area contributed by atoms with Crippen LogP contribution in [0, 0.1) is 5.92 Å². The predicted octanol–water partition coefficient (Wildman–Crippen LogP) is -0.0932. The van der Waals surface area contributed by atoms with Crippen molar-refractivity contribution in [1.29, 1.82) is 0 Å². The molecule has 134 valence electrons. The molecule has 1 unspecified atom stereocenters. The van der Waals surface area contributed by atoms with Crippen molar-refractivity contribution in [3.63, 3.8) is 0 Å². The molecule has 1 fully saturated rings. The van der Waals surface area contributed by atoms with Gasteiger partial charge in [-0.3, -0.25) is 4.79 Å². The summed E-state index contributed by atoms with van der Waals surface area (Å²) in [6, 6.07) is 9.88. The molecule has 2 rings (SSSR count). The van der Waals surface area contributed by atoms with Gasteiger partial charge in [0.1, 0.15) is 19.6 Å². The average Bonchev–Trinajstić information content (AvgIpc) is 2.53. The number of amides is 1. The molecule has 1 aromatic rings. The second-order valence-electron chi connectivity index (χ2n) is 7.36. The van der Waals surface area contributed by atoms with E-state index in [1.54, 1.807) is 4.90 Å². The van der Waals surface area contributed by atoms with Gasteiger partial charge in [-0.2, -0.15) is 0 Å². The zero-order chi connectivity index (χ0) is 17.4. The van der Waals surface area contributed by atoms with Crippen LogP contribution in [0.3, 0.4) is 0 Å². The molecule has 1 aliphatic heterocycles. The number of quaternary nitrogens is 2. The third-order valence-corrected chi connectivity index (χ3v) is 4.39. The fraction of sp³-hybridized carbons (Fsp3) is 0.632. The van der Waals surface area contributed by atoms with Gasteiger partial charge in [-0.25, -0.2) is 0 Å². The molecule has 0 aromatic heterocycles. The fourth-order valence-electron chi connectivity index (χ4n) is 3.26. The van der Waals surface area contributed by atoms with Crippen molar-refractivity contribution in [2.24, 2.45) is 5.92 Å². The quantitative estimate of drug-likeness (QED) is 0.622. The van der Waals surface area contributed by atoms with Gasteiger partial charge in [-0.15, -0.1) is 0 Å². The molecule has 1 heterocycles. The van der Waals surface area contributed by atoms with Crippen LogP contribution < -0.4 is 15.5 Å². The Labute approximate surface area is 145 Å². The lowest BCUT2D eigenvalue weighted by Gasteiger charge is -2.30. The highest BCUT2D eigenvalue weighted by molar-refractivity contribution is 5.90. The van der Waals surface area contributed by atoms with Crippen molar-refractivity contribution < 1.29 is 19.7 Å². The van der Waals surface area contributed by atoms with Crippen LogP contribution in [0.4, 0.5) is 5.69 Å². The van der Waals surface area contributed by atoms with Crippen molar-refractivity contribution in [3.8, 4) is 0 Å². The minimum absolute atomic E-state index is 0.0709. The van der Waals surface area contributed by atoms with Crippen molar-refractivity contribution in [2.75, 3.05) is 38.1 Å². The third-order valence-electron chi connectivity index (χ3n) is 4.39. The molecule has 3 atom stereocenters. The van der Waals surface area contributed by atoms with E-state index in [1.165, 1.54) is 6.54 Å². The number of ether oxygens (including phenoxy) is 1. The van der Waals surface area contributed by atoms with Gasteiger partial charge in [0.15, 0.2) is 6.10 Å². The van der Waals surface area contributed by atoms with E-state index in [0.717, 1.165) is 37.8 Å². The highest BCUT2D eigenvalue weighted by Gasteiger charge is 2.26. The van der Waals surface area contributed by atoms with E-state index in [2.05, 4.69) is 31.4 Å². The summed E-state index contributed by atoms with van der Waals surface area (Å²) in [5.41, 5.74) is 0.859. The minimum Gasteiger partial charge on any atom is -0.361 e. The first-order valence-electron chi connectivity index (χ1n) is 9.16. The van der Waals surface area contributed by atoms with Crippen LogP contribution >= 0.6 is 0 Å². The molecular formula is C19H33N3O2+2. The molecule has 1 saturated heterocycles. The van der Waals surface area contributed by atoms with Crippen molar-refractivity contribution in [1.82, 2.24) is 0 Å². The van der Waals surface area contributed by atoms with Gasteiger partial charge < -0.3 is 20.3 Å². The Kier molecular flexibility index (Phi) is 7.69. The Morgan fingerprint density at radius 3 is 2.79 bits per heavy atom. The van der Waals surface area contributed by atoms with Crippen molar-refractivity contribution >= 4 is 11.6 Å². The predicted molar refractivity (Wildman–Crippen MR) is 96.1 cm³/mol. The molecule has 4 N–H and O–H groups in total. The Morgan fingerprint density at radius 1 is 1.33 bits per heavy atom. The molecule has 0 radical (unpaired) electrons. The maximum Gasteiger partial charge on any atom is 0.230 e. The van der Waals surface area contributed by atoms with E-state index in [4.69, 9.17) is 4.74 Å². The third kappa shape index (κ3) is 6.99. The van der Waals surface area contributed by atoms with E-state index in [9.17, 15) is 4.79 Å². The number of morpholine rings is 1. The van der Waals surface area contributed by atoms with Crippen molar-refractivity contribution in [2.45, 2.75) is 39.3 Å². The van der Waals surface area contributed by atoms with Crippen LogP contribution in [0.15, 0.2) is 30.3 Å². The molecule has 1 aromatic carbocycles. The highest BCUT2D eigenvalue weighted by atomic mass is 16.5. The zero-order valence-corrected chi connectivity index (χ0v) is 15.3.